The minimum absolute atomic E-state index is 0.0237. The zero-order chi connectivity index (χ0) is 49.1. The van der Waals surface area contributed by atoms with Crippen molar-refractivity contribution in [3.8, 4) is 5.75 Å². The number of hydrogen-bond acceptors (Lipinski definition) is 14. The molecular formula is C45H64N10O10S2. The Balaban J connectivity index is 1.55. The minimum Gasteiger partial charge on any atom is -0.508 e. The number of aromatic hydroxyl groups is 1. The quantitative estimate of drug-likeness (QED) is 0.151. The fourth-order valence-corrected chi connectivity index (χ4v) is 10.1. The maximum atomic E-state index is 14.4. The number of nitrogens with two attached hydrogens (primary N) is 1. The van der Waals surface area contributed by atoms with Crippen molar-refractivity contribution in [1.29, 1.82) is 0 Å². The SMILES string of the molecule is CC[C@H](C)[C@@H]1NC(=O)[C@H]2CSC(=N2)[C@H](CC(C)C)NC(=O)[C@H](CO)NC(=O)[C@@H]2CCCN2C(=O)[C@H](CC(N)=O)NC(=O)c2csc(n2)[C@H](Cc2ccc(O)cc2)NC(=O)[C@H](CC(C)C)NC1=O. The first-order valence-electron chi connectivity index (χ1n) is 22.7. The Morgan fingerprint density at radius 1 is 0.806 bits per heavy atom. The highest BCUT2D eigenvalue weighted by Gasteiger charge is 2.41. The third-order valence-corrected chi connectivity index (χ3v) is 14.0. The molecule has 1 fully saturated rings. The number of hydrogen-bond donors (Lipinski definition) is 9. The number of aliphatic hydroxyl groups is 1. The molecule has 5 rings (SSSR count). The molecule has 0 aliphatic carbocycles. The van der Waals surface area contributed by atoms with Gasteiger partial charge in [-0.1, -0.05) is 60.1 Å². The van der Waals surface area contributed by atoms with Gasteiger partial charge in [-0.25, -0.2) is 4.98 Å². The van der Waals surface area contributed by atoms with Gasteiger partial charge in [0.25, 0.3) is 5.91 Å². The van der Waals surface area contributed by atoms with E-state index in [1.165, 1.54) is 34.2 Å². The zero-order valence-electron chi connectivity index (χ0n) is 38.7. The lowest BCUT2D eigenvalue weighted by molar-refractivity contribution is -0.141. The van der Waals surface area contributed by atoms with Gasteiger partial charge in [0.05, 0.1) is 30.2 Å². The summed E-state index contributed by atoms with van der Waals surface area (Å²) in [5, 5.41) is 39.2. The number of phenolic OH excluding ortho intramolecular Hbond substituents is 1. The maximum Gasteiger partial charge on any atom is 0.271 e. The first-order valence-corrected chi connectivity index (χ1v) is 24.6. The van der Waals surface area contributed by atoms with Gasteiger partial charge in [-0.2, -0.15) is 0 Å². The molecule has 0 spiro atoms. The van der Waals surface area contributed by atoms with Crippen LogP contribution < -0.4 is 37.6 Å². The summed E-state index contributed by atoms with van der Waals surface area (Å²) in [6, 6.07) is -2.41. The van der Waals surface area contributed by atoms with Crippen molar-refractivity contribution >= 4 is 75.4 Å². The van der Waals surface area contributed by atoms with Crippen LogP contribution in [-0.4, -0.2) is 134 Å². The summed E-state index contributed by atoms with van der Waals surface area (Å²) in [6.07, 6.45) is 1.21. The molecule has 0 radical (unpaired) electrons. The minimum atomic E-state index is -1.51. The van der Waals surface area contributed by atoms with Gasteiger partial charge in [-0.15, -0.1) is 23.1 Å². The molecule has 67 heavy (non-hydrogen) atoms. The van der Waals surface area contributed by atoms with Gasteiger partial charge in [0.2, 0.25) is 41.4 Å². The van der Waals surface area contributed by atoms with Gasteiger partial charge in [-0.05, 0) is 67.6 Å². The monoisotopic (exact) mass is 968 g/mol. The number of carbonyl (C=O) groups excluding carboxylic acids is 8. The average molecular weight is 969 g/mol. The smallest absolute Gasteiger partial charge is 0.271 e. The van der Waals surface area contributed by atoms with E-state index in [2.05, 4.69) is 36.9 Å². The molecule has 8 amide bonds. The molecule has 3 aliphatic heterocycles. The van der Waals surface area contributed by atoms with Gasteiger partial charge in [-0.3, -0.25) is 43.3 Å². The molecule has 0 saturated carbocycles. The molecule has 4 bridgehead atoms. The number of primary amides is 1. The molecule has 22 heteroatoms. The van der Waals surface area contributed by atoms with Crippen molar-refractivity contribution in [1.82, 2.24) is 41.8 Å². The maximum absolute atomic E-state index is 14.4. The number of nitrogens with zero attached hydrogens (tertiary/aromatic N) is 3. The van der Waals surface area contributed by atoms with Gasteiger partial charge < -0.3 is 52.7 Å². The van der Waals surface area contributed by atoms with Crippen molar-refractivity contribution in [2.24, 2.45) is 28.5 Å². The van der Waals surface area contributed by atoms with Crippen LogP contribution in [0.4, 0.5) is 0 Å². The number of aromatic nitrogens is 1. The largest absolute Gasteiger partial charge is 0.508 e. The molecule has 20 nitrogen and oxygen atoms in total. The number of fused-ring (bicyclic) bond motifs is 4. The Hall–Kier alpha value is -5.61. The zero-order valence-corrected chi connectivity index (χ0v) is 40.3. The molecule has 3 aliphatic rings. The number of aliphatic imine (C=N–C) groups is 1. The Morgan fingerprint density at radius 2 is 1.43 bits per heavy atom. The van der Waals surface area contributed by atoms with Crippen LogP contribution in [0.15, 0.2) is 34.6 Å². The molecule has 10 N–H and O–H groups in total. The molecule has 2 aromatic rings. The van der Waals surface area contributed by atoms with E-state index in [-0.39, 0.29) is 65.8 Å². The van der Waals surface area contributed by atoms with Crippen molar-refractivity contribution in [2.75, 3.05) is 18.9 Å². The first kappa shape index (κ1) is 52.4. The van der Waals surface area contributed by atoms with Crippen LogP contribution in [0, 0.1) is 17.8 Å². The second-order valence-corrected chi connectivity index (χ2v) is 20.1. The summed E-state index contributed by atoms with van der Waals surface area (Å²) in [6.45, 7) is 10.6. The van der Waals surface area contributed by atoms with Crippen LogP contribution in [0.5, 0.6) is 5.75 Å². The Kier molecular flexibility index (Phi) is 18.7. The first-order chi connectivity index (χ1) is 31.8. The topological polar surface area (TPSA) is 304 Å². The summed E-state index contributed by atoms with van der Waals surface area (Å²) in [5.74, 6) is -5.83. The molecule has 1 saturated heterocycles. The number of thiazole rings is 1. The lowest BCUT2D eigenvalue weighted by atomic mass is 9.96. The predicted molar refractivity (Wildman–Crippen MR) is 251 cm³/mol. The van der Waals surface area contributed by atoms with E-state index < -0.39 is 109 Å². The number of thioether (sulfide) groups is 1. The number of benzene rings is 1. The van der Waals surface area contributed by atoms with E-state index >= 15 is 0 Å². The third kappa shape index (κ3) is 14.2. The normalized spacial score (nSPS) is 26.7. The van der Waals surface area contributed by atoms with Crippen molar-refractivity contribution in [3.63, 3.8) is 0 Å². The summed E-state index contributed by atoms with van der Waals surface area (Å²) in [4.78, 5) is 121. The molecule has 0 unspecified atom stereocenters. The summed E-state index contributed by atoms with van der Waals surface area (Å²) >= 11 is 2.31. The average Bonchev–Trinajstić information content (AvgIpc) is 4.08. The van der Waals surface area contributed by atoms with Crippen molar-refractivity contribution in [3.05, 3.63) is 45.9 Å². The number of rotatable bonds is 11. The summed E-state index contributed by atoms with van der Waals surface area (Å²) < 4.78 is 0. The standard InChI is InChI=1S/C45H64N10O10S2/c1-7-24(6)36-42(64)47-27(15-22(2)3)37(59)49-29(17-25-10-12-26(57)13-11-25)44-52-32(20-67-44)39(61)50-30(18-35(46)58)45(65)55-14-8-9-34(55)41(63)51-31(19-56)38(60)48-28(16-23(4)5)43-53-33(21-66-43)40(62)54-36/h10-13,20,22-24,27-31,33-34,36,56-57H,7-9,14-19,21H2,1-6H3,(H2,46,58)(H,47,64)(H,48,60)(H,49,59)(H,50,61)(H,51,63)(H,54,62)/t24-,27-,28-,29-,30-,31-,33+,34-,36-/m0/s1. The number of phenols is 1. The van der Waals surface area contributed by atoms with Crippen LogP contribution in [0.25, 0.3) is 0 Å². The van der Waals surface area contributed by atoms with Gasteiger partial charge in [0.1, 0.15) is 52.7 Å². The Morgan fingerprint density at radius 3 is 2.07 bits per heavy atom. The fraction of sp³-hybridized carbons (Fsp3) is 0.600. The highest BCUT2D eigenvalue weighted by atomic mass is 32.2. The molecule has 1 aromatic heterocycles. The molecule has 366 valence electrons. The number of nitrogens with one attached hydrogen (secondary N) is 6. The molecular weight excluding hydrogens is 905 g/mol. The molecule has 4 heterocycles. The molecule has 9 atom stereocenters. The highest BCUT2D eigenvalue weighted by molar-refractivity contribution is 8.14. The van der Waals surface area contributed by atoms with E-state index in [9.17, 15) is 48.6 Å². The Labute approximate surface area is 398 Å². The number of carbonyl (C=O) groups is 8. The number of amides is 8. The van der Waals surface area contributed by atoms with Crippen LogP contribution in [0.1, 0.15) is 107 Å². The van der Waals surface area contributed by atoms with Crippen LogP contribution in [0.2, 0.25) is 0 Å². The fourth-order valence-electron chi connectivity index (χ4n) is 8.09. The lowest BCUT2D eigenvalue weighted by Gasteiger charge is -2.29. The van der Waals surface area contributed by atoms with Crippen LogP contribution >= 0.6 is 23.1 Å². The van der Waals surface area contributed by atoms with Gasteiger partial charge >= 0.3 is 0 Å². The lowest BCUT2D eigenvalue weighted by Crippen LogP contribution is -2.58. The van der Waals surface area contributed by atoms with E-state index in [1.54, 1.807) is 12.1 Å². The predicted octanol–water partition coefficient (Wildman–Crippen LogP) is 0.811. The highest BCUT2D eigenvalue weighted by Crippen LogP contribution is 2.27. The number of aliphatic hydroxyl groups excluding tert-OH is 1. The van der Waals surface area contributed by atoms with E-state index in [1.807, 2.05) is 41.5 Å². The second-order valence-electron chi connectivity index (χ2n) is 18.2. The van der Waals surface area contributed by atoms with Crippen LogP contribution in [-0.2, 0) is 40.0 Å². The Bertz CT molecular complexity index is 2170. The summed E-state index contributed by atoms with van der Waals surface area (Å²) in [7, 11) is 0. The van der Waals surface area contributed by atoms with E-state index in [0.717, 1.165) is 11.3 Å². The van der Waals surface area contributed by atoms with Gasteiger partial charge in [0.15, 0.2) is 0 Å². The van der Waals surface area contributed by atoms with Crippen LogP contribution in [0.3, 0.4) is 0 Å². The van der Waals surface area contributed by atoms with Crippen molar-refractivity contribution in [2.45, 2.75) is 135 Å². The third-order valence-electron chi connectivity index (χ3n) is 11.8. The van der Waals surface area contributed by atoms with Crippen molar-refractivity contribution < 1.29 is 48.6 Å². The summed E-state index contributed by atoms with van der Waals surface area (Å²) in [5.41, 5.74) is 6.09. The molecule has 1 aromatic carbocycles. The van der Waals surface area contributed by atoms with E-state index in [0.29, 0.717) is 29.9 Å². The second kappa shape index (κ2) is 23.9. The van der Waals surface area contributed by atoms with E-state index in [4.69, 9.17) is 10.7 Å². The van der Waals surface area contributed by atoms with Gasteiger partial charge in [0, 0.05) is 17.7 Å².